The molecule has 0 radical (unpaired) electrons. The number of piperidine rings is 1. The topological polar surface area (TPSA) is 66.5 Å². The predicted octanol–water partition coefficient (Wildman–Crippen LogP) is 3.75. The summed E-state index contributed by atoms with van der Waals surface area (Å²) >= 11 is 4.53. The van der Waals surface area contributed by atoms with Crippen LogP contribution in [0.15, 0.2) is 20.1 Å². The van der Waals surface area contributed by atoms with Gasteiger partial charge in [-0.05, 0) is 53.7 Å². The third kappa shape index (κ3) is 4.84. The number of carbonyl (C=O) groups excluding carboxylic acids is 1. The van der Waals surface area contributed by atoms with Gasteiger partial charge in [-0.2, -0.15) is 4.31 Å². The van der Waals surface area contributed by atoms with Gasteiger partial charge in [0.25, 0.3) is 10.0 Å². The van der Waals surface area contributed by atoms with Crippen LogP contribution in [0.25, 0.3) is 0 Å². The normalized spacial score (nSPS) is 24.0. The SMILES string of the molecule is O=C(NC1CCCCCC1)[C@H]1CCCN(S(=O)(=O)c2ccc(Br)s2)C1. The fourth-order valence-electron chi connectivity index (χ4n) is 3.68. The Bertz CT molecular complexity index is 697. The van der Waals surface area contributed by atoms with Crippen molar-refractivity contribution in [3.63, 3.8) is 0 Å². The van der Waals surface area contributed by atoms with Crippen LogP contribution in [0.5, 0.6) is 0 Å². The second-order valence-corrected chi connectivity index (χ2v) is 11.6. The Hall–Kier alpha value is -0.440. The van der Waals surface area contributed by atoms with E-state index in [2.05, 4.69) is 21.2 Å². The third-order valence-corrected chi connectivity index (χ3v) is 9.06. The molecule has 1 N–H and O–H groups in total. The summed E-state index contributed by atoms with van der Waals surface area (Å²) in [5, 5.41) is 3.18. The van der Waals surface area contributed by atoms with Gasteiger partial charge in [0.15, 0.2) is 0 Å². The number of amides is 1. The molecule has 2 aliphatic rings. The summed E-state index contributed by atoms with van der Waals surface area (Å²) in [6, 6.07) is 3.63. The molecule has 3 rings (SSSR count). The first-order valence-corrected chi connectivity index (χ1v) is 12.1. The first kappa shape index (κ1) is 19.3. The highest BCUT2D eigenvalue weighted by Gasteiger charge is 2.34. The molecule has 140 valence electrons. The van der Waals surface area contributed by atoms with Gasteiger partial charge in [0.2, 0.25) is 5.91 Å². The minimum Gasteiger partial charge on any atom is -0.353 e. The molecule has 0 aromatic carbocycles. The van der Waals surface area contributed by atoms with E-state index in [1.165, 1.54) is 41.3 Å². The van der Waals surface area contributed by atoms with E-state index in [1.54, 1.807) is 12.1 Å². The van der Waals surface area contributed by atoms with Crippen molar-refractivity contribution in [1.29, 1.82) is 0 Å². The van der Waals surface area contributed by atoms with E-state index in [1.807, 2.05) is 0 Å². The van der Waals surface area contributed by atoms with E-state index in [-0.39, 0.29) is 24.4 Å². The minimum absolute atomic E-state index is 0.0270. The zero-order valence-corrected chi connectivity index (χ0v) is 17.5. The van der Waals surface area contributed by atoms with E-state index in [0.29, 0.717) is 10.8 Å². The van der Waals surface area contributed by atoms with Gasteiger partial charge < -0.3 is 5.32 Å². The maximum atomic E-state index is 12.8. The lowest BCUT2D eigenvalue weighted by Gasteiger charge is -2.31. The van der Waals surface area contributed by atoms with E-state index >= 15 is 0 Å². The Morgan fingerprint density at radius 3 is 2.48 bits per heavy atom. The van der Waals surface area contributed by atoms with Crippen LogP contribution in [0.3, 0.4) is 0 Å². The number of thiophene rings is 1. The van der Waals surface area contributed by atoms with Crippen LogP contribution in [0.1, 0.15) is 51.4 Å². The van der Waals surface area contributed by atoms with Crippen molar-refractivity contribution in [1.82, 2.24) is 9.62 Å². The van der Waals surface area contributed by atoms with Crippen molar-refractivity contribution in [2.45, 2.75) is 61.6 Å². The Kier molecular flexibility index (Phi) is 6.57. The minimum atomic E-state index is -3.50. The molecule has 1 aliphatic carbocycles. The molecule has 25 heavy (non-hydrogen) atoms. The number of sulfonamides is 1. The summed E-state index contributed by atoms with van der Waals surface area (Å²) < 4.78 is 28.2. The average molecular weight is 449 g/mol. The summed E-state index contributed by atoms with van der Waals surface area (Å²) in [4.78, 5) is 12.7. The molecule has 1 atom stereocenters. The van der Waals surface area contributed by atoms with Crippen molar-refractivity contribution in [2.24, 2.45) is 5.92 Å². The number of hydrogen-bond acceptors (Lipinski definition) is 4. The standard InChI is InChI=1S/C17H25BrN2O3S2/c18-15-9-10-16(24-15)25(22,23)20-11-5-6-13(12-20)17(21)19-14-7-3-1-2-4-8-14/h9-10,13-14H,1-8,11-12H2,(H,19,21)/t13-/m0/s1. The molecule has 2 heterocycles. The maximum absolute atomic E-state index is 12.8. The summed E-state index contributed by atoms with van der Waals surface area (Å²) in [7, 11) is -3.50. The summed E-state index contributed by atoms with van der Waals surface area (Å²) in [6.45, 7) is 0.779. The van der Waals surface area contributed by atoms with Gasteiger partial charge in [-0.1, -0.05) is 25.7 Å². The van der Waals surface area contributed by atoms with Crippen molar-refractivity contribution < 1.29 is 13.2 Å². The Morgan fingerprint density at radius 1 is 1.12 bits per heavy atom. The van der Waals surface area contributed by atoms with Gasteiger partial charge in [-0.3, -0.25) is 4.79 Å². The molecule has 0 unspecified atom stereocenters. The van der Waals surface area contributed by atoms with Crippen LogP contribution in [-0.4, -0.2) is 37.8 Å². The van der Waals surface area contributed by atoms with Crippen molar-refractivity contribution >= 4 is 43.2 Å². The summed E-state index contributed by atoms with van der Waals surface area (Å²) in [5.41, 5.74) is 0. The molecular weight excluding hydrogens is 424 g/mol. The first-order chi connectivity index (χ1) is 12.0. The van der Waals surface area contributed by atoms with Gasteiger partial charge in [-0.15, -0.1) is 11.3 Å². The lowest BCUT2D eigenvalue weighted by atomic mass is 9.97. The molecular formula is C17H25BrN2O3S2. The van der Waals surface area contributed by atoms with Crippen LogP contribution < -0.4 is 5.32 Å². The molecule has 8 heteroatoms. The zero-order valence-electron chi connectivity index (χ0n) is 14.2. The first-order valence-electron chi connectivity index (χ1n) is 9.02. The van der Waals surface area contributed by atoms with Crippen LogP contribution in [0.4, 0.5) is 0 Å². The second kappa shape index (κ2) is 8.50. The molecule has 5 nitrogen and oxygen atoms in total. The molecule has 1 aromatic heterocycles. The number of rotatable bonds is 4. The predicted molar refractivity (Wildman–Crippen MR) is 103 cm³/mol. The number of nitrogens with one attached hydrogen (secondary N) is 1. The average Bonchev–Trinajstić information content (AvgIpc) is 2.89. The summed E-state index contributed by atoms with van der Waals surface area (Å²) in [6.07, 6.45) is 8.42. The van der Waals surface area contributed by atoms with Crippen molar-refractivity contribution in [2.75, 3.05) is 13.1 Å². The van der Waals surface area contributed by atoms with E-state index < -0.39 is 10.0 Å². The molecule has 0 spiro atoms. The number of hydrogen-bond donors (Lipinski definition) is 1. The van der Waals surface area contributed by atoms with Crippen LogP contribution in [0, 0.1) is 5.92 Å². The number of nitrogens with zero attached hydrogens (tertiary/aromatic N) is 1. The lowest BCUT2D eigenvalue weighted by molar-refractivity contribution is -0.126. The van der Waals surface area contributed by atoms with Gasteiger partial charge in [0.05, 0.1) is 9.70 Å². The van der Waals surface area contributed by atoms with Gasteiger partial charge in [-0.25, -0.2) is 8.42 Å². The summed E-state index contributed by atoms with van der Waals surface area (Å²) in [5.74, 6) is -0.214. The molecule has 2 fully saturated rings. The molecule has 1 aromatic rings. The lowest BCUT2D eigenvalue weighted by Crippen LogP contribution is -2.47. The van der Waals surface area contributed by atoms with Crippen molar-refractivity contribution in [3.8, 4) is 0 Å². The fourth-order valence-corrected chi connectivity index (χ4v) is 7.37. The van der Waals surface area contributed by atoms with Gasteiger partial charge in [0.1, 0.15) is 4.21 Å². The zero-order chi connectivity index (χ0) is 17.9. The van der Waals surface area contributed by atoms with Gasteiger partial charge in [0, 0.05) is 19.1 Å². The van der Waals surface area contributed by atoms with Crippen molar-refractivity contribution in [3.05, 3.63) is 15.9 Å². The highest BCUT2D eigenvalue weighted by molar-refractivity contribution is 9.11. The maximum Gasteiger partial charge on any atom is 0.252 e. The van der Waals surface area contributed by atoms with E-state index in [9.17, 15) is 13.2 Å². The van der Waals surface area contributed by atoms with E-state index in [4.69, 9.17) is 0 Å². The largest absolute Gasteiger partial charge is 0.353 e. The molecule has 1 amide bonds. The Morgan fingerprint density at radius 2 is 1.84 bits per heavy atom. The van der Waals surface area contributed by atoms with E-state index in [0.717, 1.165) is 29.5 Å². The smallest absolute Gasteiger partial charge is 0.252 e. The molecule has 0 bridgehead atoms. The third-order valence-electron chi connectivity index (χ3n) is 5.10. The fraction of sp³-hybridized carbons (Fsp3) is 0.706. The number of halogens is 1. The molecule has 1 aliphatic heterocycles. The highest BCUT2D eigenvalue weighted by atomic mass is 79.9. The molecule has 1 saturated carbocycles. The Balaban J connectivity index is 1.63. The second-order valence-electron chi connectivity index (χ2n) is 6.96. The van der Waals surface area contributed by atoms with Crippen LogP contribution in [0.2, 0.25) is 0 Å². The Labute approximate surface area is 162 Å². The van der Waals surface area contributed by atoms with Crippen LogP contribution in [-0.2, 0) is 14.8 Å². The highest BCUT2D eigenvalue weighted by Crippen LogP contribution is 2.31. The monoisotopic (exact) mass is 448 g/mol. The van der Waals surface area contributed by atoms with Crippen LogP contribution >= 0.6 is 27.3 Å². The molecule has 1 saturated heterocycles. The quantitative estimate of drug-likeness (QED) is 0.712. The number of carbonyl (C=O) groups is 1. The van der Waals surface area contributed by atoms with Gasteiger partial charge >= 0.3 is 0 Å².